The molecule has 3 aromatic rings. The van der Waals surface area contributed by atoms with Crippen molar-refractivity contribution in [1.29, 1.82) is 0 Å². The zero-order valence-electron chi connectivity index (χ0n) is 15.8. The van der Waals surface area contributed by atoms with Crippen LogP contribution in [0.15, 0.2) is 30.3 Å². The maximum atomic E-state index is 12.2. The molecule has 0 aliphatic heterocycles. The number of Topliss-reactive ketones (excluding diaryl/α,β-unsaturated/α-hetero) is 2. The number of benzene rings is 2. The summed E-state index contributed by atoms with van der Waals surface area (Å²) in [5, 5.41) is 5.71. The van der Waals surface area contributed by atoms with Gasteiger partial charge in [0.25, 0.3) is 0 Å². The molecule has 1 aliphatic carbocycles. The van der Waals surface area contributed by atoms with Gasteiger partial charge in [-0.1, -0.05) is 6.92 Å². The second-order valence-electron chi connectivity index (χ2n) is 7.10. The zero-order chi connectivity index (χ0) is 18.3. The third-order valence-electron chi connectivity index (χ3n) is 5.39. The van der Waals surface area contributed by atoms with Gasteiger partial charge in [0.2, 0.25) is 0 Å². The van der Waals surface area contributed by atoms with Crippen LogP contribution in [0.4, 0.5) is 0 Å². The first-order valence-corrected chi connectivity index (χ1v) is 9.44. The minimum Gasteiger partial charge on any atom is -0.339 e. The third kappa shape index (κ3) is 3.28. The molecule has 1 aromatic heterocycles. The van der Waals surface area contributed by atoms with Crippen LogP contribution in [0.2, 0.25) is 0 Å². The van der Waals surface area contributed by atoms with Crippen LogP contribution in [-0.4, -0.2) is 29.2 Å². The lowest BCUT2D eigenvalue weighted by molar-refractivity contribution is 0.0991. The van der Waals surface area contributed by atoms with Crippen molar-refractivity contribution in [3.63, 3.8) is 0 Å². The first-order chi connectivity index (χ1) is 12.6. The second-order valence-corrected chi connectivity index (χ2v) is 7.10. The summed E-state index contributed by atoms with van der Waals surface area (Å²) in [6.45, 7) is 6.54. The van der Waals surface area contributed by atoms with E-state index in [1.807, 2.05) is 18.2 Å². The van der Waals surface area contributed by atoms with Gasteiger partial charge in [0.05, 0.1) is 0 Å². The topological polar surface area (TPSA) is 51.1 Å². The Morgan fingerprint density at radius 1 is 1.11 bits per heavy atom. The average Bonchev–Trinajstić information content (AvgIpc) is 3.16. The van der Waals surface area contributed by atoms with Gasteiger partial charge < -0.3 is 9.88 Å². The number of halogens is 1. The van der Waals surface area contributed by atoms with E-state index in [0.29, 0.717) is 6.42 Å². The molecule has 1 heterocycles. The van der Waals surface area contributed by atoms with Crippen LogP contribution in [0.5, 0.6) is 0 Å². The van der Waals surface area contributed by atoms with Gasteiger partial charge >= 0.3 is 0 Å². The maximum absolute atomic E-state index is 12.2. The van der Waals surface area contributed by atoms with E-state index in [2.05, 4.69) is 28.9 Å². The Bertz CT molecular complexity index is 1040. The Hall–Kier alpha value is -2.17. The highest BCUT2D eigenvalue weighted by Gasteiger charge is 2.25. The quantitative estimate of drug-likeness (QED) is 0.501. The standard InChI is InChI=1S/C22H24N2O2.ClH/c1-3-10-23-11-12-24-19-7-4-15(14(2)25)13-18(19)22-17-6-9-21(26)16(17)5-8-20(22)24;/h4-5,7-8,13,23H,3,6,9-12H2,1-2H3;1H. The number of fused-ring (bicyclic) bond motifs is 5. The molecule has 0 spiro atoms. The summed E-state index contributed by atoms with van der Waals surface area (Å²) in [5.74, 6) is 0.302. The summed E-state index contributed by atoms with van der Waals surface area (Å²) in [4.78, 5) is 24.1. The normalized spacial score (nSPS) is 13.2. The maximum Gasteiger partial charge on any atom is 0.163 e. The smallest absolute Gasteiger partial charge is 0.163 e. The third-order valence-corrected chi connectivity index (χ3v) is 5.39. The second kappa shape index (κ2) is 7.83. The van der Waals surface area contributed by atoms with Gasteiger partial charge in [0.15, 0.2) is 11.6 Å². The number of carbonyl (C=O) groups is 2. The van der Waals surface area contributed by atoms with Gasteiger partial charge in [-0.2, -0.15) is 0 Å². The Labute approximate surface area is 165 Å². The van der Waals surface area contributed by atoms with Gasteiger partial charge in [-0.05, 0) is 62.2 Å². The molecule has 0 unspecified atom stereocenters. The molecule has 0 amide bonds. The van der Waals surface area contributed by atoms with E-state index in [0.717, 1.165) is 71.0 Å². The SMILES string of the molecule is CCCNCCn1c2ccc(C(C)=O)cc2c2c3c(ccc21)C(=O)CC3.Cl. The Balaban J connectivity index is 0.00000210. The van der Waals surface area contributed by atoms with Gasteiger partial charge in [0.1, 0.15) is 0 Å². The summed E-state index contributed by atoms with van der Waals surface area (Å²) < 4.78 is 2.32. The summed E-state index contributed by atoms with van der Waals surface area (Å²) in [6, 6.07) is 10.0. The van der Waals surface area contributed by atoms with E-state index in [1.54, 1.807) is 6.92 Å². The predicted molar refractivity (Wildman–Crippen MR) is 113 cm³/mol. The van der Waals surface area contributed by atoms with Crippen molar-refractivity contribution in [1.82, 2.24) is 9.88 Å². The van der Waals surface area contributed by atoms with Crippen LogP contribution in [0.3, 0.4) is 0 Å². The number of hydrogen-bond acceptors (Lipinski definition) is 3. The molecule has 142 valence electrons. The van der Waals surface area contributed by atoms with E-state index < -0.39 is 0 Å². The van der Waals surface area contributed by atoms with Gasteiger partial charge in [-0.3, -0.25) is 9.59 Å². The monoisotopic (exact) mass is 384 g/mol. The predicted octanol–water partition coefficient (Wildman–Crippen LogP) is 4.55. The van der Waals surface area contributed by atoms with Gasteiger partial charge in [0, 0.05) is 52.4 Å². The molecule has 27 heavy (non-hydrogen) atoms. The fourth-order valence-corrected chi connectivity index (χ4v) is 4.11. The van der Waals surface area contributed by atoms with Gasteiger partial charge in [-0.15, -0.1) is 12.4 Å². The molecule has 4 rings (SSSR count). The van der Waals surface area contributed by atoms with E-state index in [1.165, 1.54) is 0 Å². The molecule has 0 fully saturated rings. The molecule has 4 nitrogen and oxygen atoms in total. The highest BCUT2D eigenvalue weighted by atomic mass is 35.5. The fourth-order valence-electron chi connectivity index (χ4n) is 4.11. The molecule has 1 N–H and O–H groups in total. The van der Waals surface area contributed by atoms with Crippen LogP contribution in [0, 0.1) is 0 Å². The number of hydrogen-bond donors (Lipinski definition) is 1. The zero-order valence-corrected chi connectivity index (χ0v) is 16.6. The minimum atomic E-state index is 0. The molecule has 0 saturated heterocycles. The molecular weight excluding hydrogens is 360 g/mol. The van der Waals surface area contributed by atoms with Crippen LogP contribution in [-0.2, 0) is 13.0 Å². The number of aryl methyl sites for hydroxylation is 1. The number of ketones is 2. The Kier molecular flexibility index (Phi) is 5.68. The summed E-state index contributed by atoms with van der Waals surface area (Å²) in [6.07, 6.45) is 2.50. The van der Waals surface area contributed by atoms with Crippen molar-refractivity contribution < 1.29 is 9.59 Å². The largest absolute Gasteiger partial charge is 0.339 e. The molecule has 0 saturated carbocycles. The molecular formula is C22H25ClN2O2. The number of rotatable bonds is 6. The lowest BCUT2D eigenvalue weighted by Crippen LogP contribution is -2.20. The molecule has 5 heteroatoms. The number of carbonyl (C=O) groups excluding carboxylic acids is 2. The van der Waals surface area contributed by atoms with E-state index >= 15 is 0 Å². The van der Waals surface area contributed by atoms with Crippen LogP contribution >= 0.6 is 12.4 Å². The van der Waals surface area contributed by atoms with Crippen molar-refractivity contribution in [3.8, 4) is 0 Å². The fraction of sp³-hybridized carbons (Fsp3) is 0.364. The lowest BCUT2D eigenvalue weighted by atomic mass is 10.0. The van der Waals surface area contributed by atoms with Crippen molar-refractivity contribution in [2.45, 2.75) is 39.7 Å². The molecule has 1 aliphatic rings. The Morgan fingerprint density at radius 2 is 1.89 bits per heavy atom. The highest BCUT2D eigenvalue weighted by molar-refractivity contribution is 6.16. The molecule has 0 radical (unpaired) electrons. The van der Waals surface area contributed by atoms with Crippen LogP contribution in [0.25, 0.3) is 21.8 Å². The van der Waals surface area contributed by atoms with Crippen molar-refractivity contribution in [2.75, 3.05) is 13.1 Å². The first-order valence-electron chi connectivity index (χ1n) is 9.44. The summed E-state index contributed by atoms with van der Waals surface area (Å²) in [7, 11) is 0. The summed E-state index contributed by atoms with van der Waals surface area (Å²) >= 11 is 0. The molecule has 0 atom stereocenters. The van der Waals surface area contributed by atoms with E-state index in [9.17, 15) is 9.59 Å². The van der Waals surface area contributed by atoms with Crippen LogP contribution in [0.1, 0.15) is 53.0 Å². The van der Waals surface area contributed by atoms with Crippen molar-refractivity contribution in [2.24, 2.45) is 0 Å². The van der Waals surface area contributed by atoms with Gasteiger partial charge in [-0.25, -0.2) is 0 Å². The lowest BCUT2D eigenvalue weighted by Gasteiger charge is -2.09. The number of nitrogens with zero attached hydrogens (tertiary/aromatic N) is 1. The van der Waals surface area contributed by atoms with Crippen molar-refractivity contribution >= 4 is 45.8 Å². The van der Waals surface area contributed by atoms with Crippen molar-refractivity contribution in [3.05, 3.63) is 47.0 Å². The Morgan fingerprint density at radius 3 is 2.63 bits per heavy atom. The van der Waals surface area contributed by atoms with Crippen LogP contribution < -0.4 is 5.32 Å². The molecule has 0 bridgehead atoms. The number of aromatic nitrogens is 1. The minimum absolute atomic E-state index is 0. The number of nitrogens with one attached hydrogen (secondary N) is 1. The first kappa shape index (κ1) is 19.6. The summed E-state index contributed by atoms with van der Waals surface area (Å²) in [5.41, 5.74) is 5.03. The average molecular weight is 385 g/mol. The van der Waals surface area contributed by atoms with E-state index in [4.69, 9.17) is 0 Å². The van der Waals surface area contributed by atoms with E-state index in [-0.39, 0.29) is 24.0 Å². The highest BCUT2D eigenvalue weighted by Crippen LogP contribution is 2.37. The molecule has 2 aromatic carbocycles.